The highest BCUT2D eigenvalue weighted by Gasteiger charge is 2.33. The van der Waals surface area contributed by atoms with E-state index in [4.69, 9.17) is 33.2 Å². The van der Waals surface area contributed by atoms with Crippen LogP contribution in [0.15, 0.2) is 78.9 Å². The number of rotatable bonds is 11. The van der Waals surface area contributed by atoms with Gasteiger partial charge in [-0.05, 0) is 35.6 Å². The Hall–Kier alpha value is -3.76. The minimum Gasteiger partial charge on any atom is -0.392 e. The number of benzene rings is 3. The minimum atomic E-state index is -0.632. The lowest BCUT2D eigenvalue weighted by atomic mass is 9.99. The van der Waals surface area contributed by atoms with Crippen LogP contribution in [-0.4, -0.2) is 120 Å². The lowest BCUT2D eigenvalue weighted by Crippen LogP contribution is -2.46. The van der Waals surface area contributed by atoms with Gasteiger partial charge < -0.3 is 48.9 Å². The zero-order chi connectivity index (χ0) is 38.5. The van der Waals surface area contributed by atoms with Crippen molar-refractivity contribution in [3.8, 4) is 0 Å². The Morgan fingerprint density at radius 3 is 1.80 bits per heavy atom. The summed E-state index contributed by atoms with van der Waals surface area (Å²) < 4.78 is 41.8. The van der Waals surface area contributed by atoms with Crippen LogP contribution in [0.2, 0.25) is 0 Å². The number of nitrogens with one attached hydrogen (secondary N) is 2. The summed E-state index contributed by atoms with van der Waals surface area (Å²) in [7, 11) is 0. The van der Waals surface area contributed by atoms with Gasteiger partial charge in [0.1, 0.15) is 0 Å². The normalized spacial score (nSPS) is 22.1. The maximum Gasteiger partial charge on any atom is 0.315 e. The summed E-state index contributed by atoms with van der Waals surface area (Å²) in [4.78, 5) is 27.3. The third-order valence-corrected chi connectivity index (χ3v) is 9.45. The first-order chi connectivity index (χ1) is 27.0. The maximum absolute atomic E-state index is 12.8. The Morgan fingerprint density at radius 1 is 0.691 bits per heavy atom. The van der Waals surface area contributed by atoms with Crippen molar-refractivity contribution < 1.29 is 47.9 Å². The molecular formula is C42H57N3O10. The summed E-state index contributed by atoms with van der Waals surface area (Å²) in [6.45, 7) is 8.91. The van der Waals surface area contributed by atoms with Crippen molar-refractivity contribution >= 4 is 11.8 Å². The van der Waals surface area contributed by atoms with E-state index in [1.165, 1.54) is 6.92 Å². The number of nitrogens with zero attached hydrogens (tertiary/aromatic N) is 1. The number of urea groups is 1. The number of ketones is 1. The number of ether oxygens (including phenoxy) is 7. The van der Waals surface area contributed by atoms with E-state index in [1.807, 2.05) is 78.9 Å². The summed E-state index contributed by atoms with van der Waals surface area (Å²) in [6, 6.07) is 24.2. The molecule has 3 N–H and O–H groups in total. The highest BCUT2D eigenvalue weighted by atomic mass is 16.7. The molecule has 13 heteroatoms. The first kappa shape index (κ1) is 42.4. The summed E-state index contributed by atoms with van der Waals surface area (Å²) in [5, 5.41) is 15.3. The van der Waals surface area contributed by atoms with Crippen molar-refractivity contribution in [2.24, 2.45) is 0 Å². The smallest absolute Gasteiger partial charge is 0.315 e. The van der Waals surface area contributed by atoms with Gasteiger partial charge in [0.15, 0.2) is 12.1 Å². The molecular weight excluding hydrogens is 706 g/mol. The Balaban J connectivity index is 1.20. The number of hydrogen-bond donors (Lipinski definition) is 3. The zero-order valence-electron chi connectivity index (χ0n) is 31.9. The van der Waals surface area contributed by atoms with Crippen molar-refractivity contribution in [1.29, 1.82) is 0 Å². The molecule has 2 amide bonds. The number of hydrogen-bond acceptors (Lipinski definition) is 11. The molecule has 1 unspecified atom stereocenters. The van der Waals surface area contributed by atoms with Gasteiger partial charge in [-0.3, -0.25) is 9.69 Å². The highest BCUT2D eigenvalue weighted by Crippen LogP contribution is 2.38. The fourth-order valence-corrected chi connectivity index (χ4v) is 6.31. The molecule has 3 aromatic carbocycles. The van der Waals surface area contributed by atoms with Gasteiger partial charge in [0.05, 0.1) is 90.9 Å². The van der Waals surface area contributed by atoms with Gasteiger partial charge in [-0.25, -0.2) is 4.79 Å². The first-order valence-corrected chi connectivity index (χ1v) is 19.3. The van der Waals surface area contributed by atoms with E-state index >= 15 is 0 Å². The molecule has 2 aliphatic heterocycles. The van der Waals surface area contributed by atoms with E-state index in [0.29, 0.717) is 98.5 Å². The van der Waals surface area contributed by atoms with Crippen LogP contribution < -0.4 is 10.6 Å². The molecule has 0 saturated carbocycles. The maximum atomic E-state index is 12.8. The van der Waals surface area contributed by atoms with Gasteiger partial charge in [-0.2, -0.15) is 0 Å². The minimum absolute atomic E-state index is 0.0280. The second-order valence-corrected chi connectivity index (χ2v) is 13.6. The standard InChI is InChI=1S/C42H57N3O10/c1-32(47)39(27-33-5-3-2-4-6-33)44-42(48)43-29-34-7-13-37(14-8-34)41-54-38(28-40(55-41)36-11-9-35(31-46)10-12-36)30-45-15-17-49-19-21-51-23-25-53-26-24-52-22-20-50-18-16-45/h2-14,38-41,46H,15-31H2,1H3,(H2,43,44,48)/t38-,39+,40+,41?/m0/s1. The Kier molecular flexibility index (Phi) is 18.5. The molecule has 2 saturated heterocycles. The molecule has 0 aliphatic carbocycles. The molecule has 4 atom stereocenters. The molecule has 0 bridgehead atoms. The predicted octanol–water partition coefficient (Wildman–Crippen LogP) is 4.12. The van der Waals surface area contributed by atoms with E-state index in [1.54, 1.807) is 0 Å². The highest BCUT2D eigenvalue weighted by molar-refractivity contribution is 5.87. The molecule has 13 nitrogen and oxygen atoms in total. The predicted molar refractivity (Wildman–Crippen MR) is 205 cm³/mol. The van der Waals surface area contributed by atoms with E-state index in [9.17, 15) is 14.7 Å². The quantitative estimate of drug-likeness (QED) is 0.259. The Morgan fingerprint density at radius 2 is 1.24 bits per heavy atom. The lowest BCUT2D eigenvalue weighted by molar-refractivity contribution is -0.253. The van der Waals surface area contributed by atoms with Crippen LogP contribution in [-0.2, 0) is 57.5 Å². The zero-order valence-corrected chi connectivity index (χ0v) is 31.9. The molecule has 0 radical (unpaired) electrons. The van der Waals surface area contributed by atoms with Crippen LogP contribution in [0.4, 0.5) is 4.79 Å². The molecule has 0 aromatic heterocycles. The molecule has 2 heterocycles. The first-order valence-electron chi connectivity index (χ1n) is 19.3. The van der Waals surface area contributed by atoms with Crippen molar-refractivity contribution in [2.45, 2.75) is 57.5 Å². The number of Topliss-reactive ketones (excluding diaryl/α,β-unsaturated/α-hetero) is 1. The van der Waals surface area contributed by atoms with Gasteiger partial charge in [-0.1, -0.05) is 78.9 Å². The van der Waals surface area contributed by atoms with Crippen LogP contribution in [0, 0.1) is 0 Å². The molecule has 3 aromatic rings. The molecule has 5 rings (SSSR count). The van der Waals surface area contributed by atoms with Crippen LogP contribution in [0.1, 0.15) is 53.6 Å². The van der Waals surface area contributed by atoms with Gasteiger partial charge in [-0.15, -0.1) is 0 Å². The monoisotopic (exact) mass is 763 g/mol. The van der Waals surface area contributed by atoms with Gasteiger partial charge in [0, 0.05) is 38.2 Å². The lowest BCUT2D eigenvalue weighted by Gasteiger charge is -2.38. The molecule has 2 aliphatic rings. The average Bonchev–Trinajstić information content (AvgIpc) is 3.21. The molecule has 2 fully saturated rings. The van der Waals surface area contributed by atoms with E-state index < -0.39 is 18.4 Å². The van der Waals surface area contributed by atoms with Crippen LogP contribution in [0.5, 0.6) is 0 Å². The third-order valence-electron chi connectivity index (χ3n) is 9.45. The summed E-state index contributed by atoms with van der Waals surface area (Å²) in [5.41, 5.74) is 4.56. The van der Waals surface area contributed by atoms with Crippen molar-refractivity contribution in [1.82, 2.24) is 15.5 Å². The van der Waals surface area contributed by atoms with Crippen molar-refractivity contribution in [2.75, 3.05) is 85.7 Å². The Labute approximate surface area is 324 Å². The van der Waals surface area contributed by atoms with E-state index in [2.05, 4.69) is 15.5 Å². The van der Waals surface area contributed by atoms with Crippen LogP contribution in [0.3, 0.4) is 0 Å². The van der Waals surface area contributed by atoms with E-state index in [0.717, 1.165) is 27.8 Å². The second kappa shape index (κ2) is 24.0. The van der Waals surface area contributed by atoms with Crippen molar-refractivity contribution in [3.63, 3.8) is 0 Å². The SMILES string of the molecule is CC(=O)[C@@H](Cc1ccccc1)NC(=O)NCc1ccc(C2O[C@H](CN3CCOCCOCCOCCOCCOCC3)C[C@H](c3ccc(CO)cc3)O2)cc1. The fourth-order valence-electron chi connectivity index (χ4n) is 6.31. The van der Waals surface area contributed by atoms with Crippen LogP contribution >= 0.6 is 0 Å². The van der Waals surface area contributed by atoms with Gasteiger partial charge >= 0.3 is 6.03 Å². The number of aliphatic hydroxyl groups is 1. The van der Waals surface area contributed by atoms with Crippen molar-refractivity contribution in [3.05, 3.63) is 107 Å². The number of aliphatic hydroxyl groups excluding tert-OH is 1. The summed E-state index contributed by atoms with van der Waals surface area (Å²) in [6.07, 6.45) is 0.0267. The van der Waals surface area contributed by atoms with Gasteiger partial charge in [0.2, 0.25) is 0 Å². The van der Waals surface area contributed by atoms with Gasteiger partial charge in [0.25, 0.3) is 0 Å². The number of carbonyl (C=O) groups excluding carboxylic acids is 2. The number of amides is 2. The molecule has 300 valence electrons. The second-order valence-electron chi connectivity index (χ2n) is 13.6. The number of carbonyl (C=O) groups is 2. The fraction of sp³-hybridized carbons (Fsp3) is 0.524. The third kappa shape index (κ3) is 15.4. The average molecular weight is 764 g/mol. The van der Waals surface area contributed by atoms with E-state index in [-0.39, 0.29) is 31.1 Å². The molecule has 55 heavy (non-hydrogen) atoms. The molecule has 0 spiro atoms. The summed E-state index contributed by atoms with van der Waals surface area (Å²) in [5.74, 6) is -0.106. The summed E-state index contributed by atoms with van der Waals surface area (Å²) >= 11 is 0. The Bertz CT molecular complexity index is 1510. The van der Waals surface area contributed by atoms with Crippen LogP contribution in [0.25, 0.3) is 0 Å². The largest absolute Gasteiger partial charge is 0.392 e. The topological polar surface area (TPSA) is 146 Å².